The van der Waals surface area contributed by atoms with Gasteiger partial charge in [0.2, 0.25) is 0 Å². The van der Waals surface area contributed by atoms with Gasteiger partial charge in [-0.05, 0) is 45.1 Å². The molecule has 0 aromatic heterocycles. The lowest BCUT2D eigenvalue weighted by Gasteiger charge is -2.45. The van der Waals surface area contributed by atoms with Gasteiger partial charge in [-0.15, -0.1) is 0 Å². The minimum absolute atomic E-state index is 0.216. The summed E-state index contributed by atoms with van der Waals surface area (Å²) in [6.07, 6.45) is 4.93. The standard InChI is InChI=1S/C25H40N4/c1-16(2)21-14-26-24(28(21)18(5)6)23(20-12-10-9-11-13-20)25-27-15-22(17(3)4)29(25)19(7)8/h9-19,23-27H,1-8H3. The molecule has 0 spiro atoms. The molecule has 2 N–H and O–H groups in total. The van der Waals surface area contributed by atoms with E-state index in [4.69, 9.17) is 0 Å². The molecule has 160 valence electrons. The topological polar surface area (TPSA) is 30.5 Å². The first kappa shape index (κ1) is 21.6. The van der Waals surface area contributed by atoms with E-state index in [1.807, 2.05) is 0 Å². The van der Waals surface area contributed by atoms with E-state index in [0.717, 1.165) is 0 Å². The molecule has 0 amide bonds. The van der Waals surface area contributed by atoms with Gasteiger partial charge in [-0.25, -0.2) is 0 Å². The minimum Gasteiger partial charge on any atom is -0.369 e. The first-order valence-electron chi connectivity index (χ1n) is 11.3. The zero-order chi connectivity index (χ0) is 21.3. The average molecular weight is 397 g/mol. The van der Waals surface area contributed by atoms with Gasteiger partial charge >= 0.3 is 0 Å². The molecule has 4 nitrogen and oxygen atoms in total. The van der Waals surface area contributed by atoms with Crippen molar-refractivity contribution in [1.82, 2.24) is 20.4 Å². The highest BCUT2D eigenvalue weighted by Crippen LogP contribution is 2.39. The highest BCUT2D eigenvalue weighted by atomic mass is 15.4. The van der Waals surface area contributed by atoms with E-state index in [0.29, 0.717) is 23.9 Å². The molecule has 2 heterocycles. The van der Waals surface area contributed by atoms with Crippen molar-refractivity contribution in [3.05, 3.63) is 59.7 Å². The van der Waals surface area contributed by atoms with Crippen LogP contribution in [-0.4, -0.2) is 34.2 Å². The van der Waals surface area contributed by atoms with Gasteiger partial charge in [0.15, 0.2) is 0 Å². The van der Waals surface area contributed by atoms with Crippen LogP contribution in [0, 0.1) is 11.8 Å². The number of allylic oxidation sites excluding steroid dienone is 2. The van der Waals surface area contributed by atoms with Crippen LogP contribution in [0.2, 0.25) is 0 Å². The molecule has 4 heteroatoms. The second-order valence-electron chi connectivity index (χ2n) is 9.61. The summed E-state index contributed by atoms with van der Waals surface area (Å²) in [6, 6.07) is 11.9. The molecule has 1 aromatic carbocycles. The van der Waals surface area contributed by atoms with Crippen molar-refractivity contribution in [2.75, 3.05) is 0 Å². The SMILES string of the molecule is CC(C)C1=CNC(C(c2ccccc2)C2NC=C(C(C)C)N2C(C)C)N1C(C)C. The van der Waals surface area contributed by atoms with Crippen LogP contribution in [0.3, 0.4) is 0 Å². The molecule has 2 aliphatic rings. The van der Waals surface area contributed by atoms with E-state index >= 15 is 0 Å². The van der Waals surface area contributed by atoms with Gasteiger partial charge in [0, 0.05) is 35.9 Å². The second kappa shape index (κ2) is 8.73. The first-order valence-corrected chi connectivity index (χ1v) is 11.3. The number of hydrogen-bond donors (Lipinski definition) is 2. The van der Waals surface area contributed by atoms with Gasteiger partial charge in [-0.3, -0.25) is 0 Å². The Hall–Kier alpha value is -2.10. The van der Waals surface area contributed by atoms with Gasteiger partial charge < -0.3 is 20.4 Å². The van der Waals surface area contributed by atoms with Gasteiger partial charge in [0.1, 0.15) is 12.3 Å². The predicted octanol–water partition coefficient (Wildman–Crippen LogP) is 5.04. The lowest BCUT2D eigenvalue weighted by Crippen LogP contribution is -2.55. The zero-order valence-electron chi connectivity index (χ0n) is 19.5. The van der Waals surface area contributed by atoms with E-state index in [1.165, 1.54) is 17.0 Å². The van der Waals surface area contributed by atoms with Gasteiger partial charge in [-0.2, -0.15) is 0 Å². The van der Waals surface area contributed by atoms with Crippen molar-refractivity contribution >= 4 is 0 Å². The number of nitrogens with zero attached hydrogens (tertiary/aromatic N) is 2. The minimum atomic E-state index is 0.216. The molecule has 0 saturated heterocycles. The summed E-state index contributed by atoms with van der Waals surface area (Å²) >= 11 is 0. The molecule has 2 atom stereocenters. The Balaban J connectivity index is 2.03. The van der Waals surface area contributed by atoms with Crippen molar-refractivity contribution in [2.24, 2.45) is 11.8 Å². The summed E-state index contributed by atoms with van der Waals surface area (Å²) in [5.41, 5.74) is 4.17. The highest BCUT2D eigenvalue weighted by Gasteiger charge is 2.44. The fourth-order valence-corrected chi connectivity index (χ4v) is 4.91. The summed E-state index contributed by atoms with van der Waals surface area (Å²) in [6.45, 7) is 18.4. The van der Waals surface area contributed by atoms with Crippen LogP contribution in [-0.2, 0) is 0 Å². The van der Waals surface area contributed by atoms with Crippen molar-refractivity contribution in [3.8, 4) is 0 Å². The first-order chi connectivity index (χ1) is 13.7. The molecule has 0 saturated carbocycles. The molecule has 3 rings (SSSR count). The lowest BCUT2D eigenvalue weighted by molar-refractivity contribution is 0.0976. The van der Waals surface area contributed by atoms with Crippen LogP contribution in [0.1, 0.15) is 66.9 Å². The summed E-state index contributed by atoms with van der Waals surface area (Å²) in [5, 5.41) is 7.55. The fraction of sp³-hybridized carbons (Fsp3) is 0.600. The Morgan fingerprint density at radius 1 is 0.655 bits per heavy atom. The Morgan fingerprint density at radius 3 is 1.41 bits per heavy atom. The summed E-state index contributed by atoms with van der Waals surface area (Å²) < 4.78 is 0. The van der Waals surface area contributed by atoms with E-state index in [-0.39, 0.29) is 18.2 Å². The Bertz CT molecular complexity index is 688. The van der Waals surface area contributed by atoms with Gasteiger partial charge in [-0.1, -0.05) is 58.0 Å². The number of benzene rings is 1. The third kappa shape index (κ3) is 4.12. The van der Waals surface area contributed by atoms with E-state index in [9.17, 15) is 0 Å². The summed E-state index contributed by atoms with van der Waals surface area (Å²) in [4.78, 5) is 5.19. The monoisotopic (exact) mass is 396 g/mol. The zero-order valence-corrected chi connectivity index (χ0v) is 19.5. The highest BCUT2D eigenvalue weighted by molar-refractivity contribution is 5.29. The lowest BCUT2D eigenvalue weighted by atomic mass is 9.89. The molecule has 1 aromatic rings. The van der Waals surface area contributed by atoms with Gasteiger partial charge in [0.25, 0.3) is 0 Å². The Kier molecular flexibility index (Phi) is 6.50. The fourth-order valence-electron chi connectivity index (χ4n) is 4.91. The number of hydrogen-bond acceptors (Lipinski definition) is 4. The summed E-state index contributed by atoms with van der Waals surface area (Å²) in [7, 11) is 0. The molecule has 0 fully saturated rings. The molecule has 0 radical (unpaired) electrons. The van der Waals surface area contributed by atoms with Crippen LogP contribution in [0.5, 0.6) is 0 Å². The quantitative estimate of drug-likeness (QED) is 0.676. The second-order valence-corrected chi connectivity index (χ2v) is 9.61. The maximum atomic E-state index is 3.77. The van der Waals surface area contributed by atoms with Crippen molar-refractivity contribution in [3.63, 3.8) is 0 Å². The molecular formula is C25H40N4. The average Bonchev–Trinajstić information content (AvgIpc) is 3.28. The van der Waals surface area contributed by atoms with Crippen molar-refractivity contribution < 1.29 is 0 Å². The predicted molar refractivity (Wildman–Crippen MR) is 123 cm³/mol. The molecule has 2 aliphatic heterocycles. The Morgan fingerprint density at radius 2 is 1.07 bits per heavy atom. The molecular weight excluding hydrogens is 356 g/mol. The third-order valence-corrected chi connectivity index (χ3v) is 6.16. The molecule has 2 unspecified atom stereocenters. The Labute approximate surface area is 178 Å². The smallest absolute Gasteiger partial charge is 0.109 e. The van der Waals surface area contributed by atoms with Gasteiger partial charge in [0.05, 0.1) is 5.92 Å². The third-order valence-electron chi connectivity index (χ3n) is 6.16. The number of rotatable bonds is 7. The normalized spacial score (nSPS) is 23.0. The van der Waals surface area contributed by atoms with Crippen LogP contribution in [0.25, 0.3) is 0 Å². The van der Waals surface area contributed by atoms with E-state index in [1.54, 1.807) is 0 Å². The van der Waals surface area contributed by atoms with Crippen LogP contribution in [0.4, 0.5) is 0 Å². The van der Waals surface area contributed by atoms with E-state index in [2.05, 4.69) is 119 Å². The number of nitrogens with one attached hydrogen (secondary N) is 2. The maximum absolute atomic E-state index is 3.77. The largest absolute Gasteiger partial charge is 0.369 e. The summed E-state index contributed by atoms with van der Waals surface area (Å²) in [5.74, 6) is 1.27. The van der Waals surface area contributed by atoms with Crippen molar-refractivity contribution in [1.29, 1.82) is 0 Å². The van der Waals surface area contributed by atoms with Crippen molar-refractivity contribution in [2.45, 2.75) is 85.7 Å². The molecule has 0 bridgehead atoms. The van der Waals surface area contributed by atoms with Crippen LogP contribution < -0.4 is 10.6 Å². The maximum Gasteiger partial charge on any atom is 0.109 e. The molecule has 0 aliphatic carbocycles. The molecule has 29 heavy (non-hydrogen) atoms. The van der Waals surface area contributed by atoms with E-state index < -0.39 is 0 Å². The van der Waals surface area contributed by atoms with Crippen LogP contribution >= 0.6 is 0 Å². The van der Waals surface area contributed by atoms with Crippen LogP contribution in [0.15, 0.2) is 54.1 Å².